The van der Waals surface area contributed by atoms with E-state index in [0.29, 0.717) is 21.7 Å². The molecule has 0 unspecified atom stereocenters. The fraction of sp³-hybridized carbons (Fsp3) is 0.312. The van der Waals surface area contributed by atoms with E-state index >= 15 is 0 Å². The van der Waals surface area contributed by atoms with E-state index in [-0.39, 0.29) is 0 Å². The lowest BCUT2D eigenvalue weighted by Crippen LogP contribution is -2.15. The molecule has 1 N–H and O–H groups in total. The molecule has 0 fully saturated rings. The van der Waals surface area contributed by atoms with E-state index in [9.17, 15) is 0 Å². The van der Waals surface area contributed by atoms with Gasteiger partial charge in [0.05, 0.1) is 5.02 Å². The van der Waals surface area contributed by atoms with Gasteiger partial charge in [-0.3, -0.25) is 0 Å². The second-order valence-corrected chi connectivity index (χ2v) is 5.59. The molecule has 3 nitrogen and oxygen atoms in total. The topological polar surface area (TPSA) is 34.1 Å². The largest absolute Gasteiger partial charge is 0.437 e. The molecule has 0 saturated carbocycles. The summed E-state index contributed by atoms with van der Waals surface area (Å²) in [4.78, 5) is 4.46. The molecule has 1 aromatic heterocycles. The summed E-state index contributed by atoms with van der Waals surface area (Å²) in [5, 5.41) is 4.41. The van der Waals surface area contributed by atoms with Crippen LogP contribution in [0.3, 0.4) is 0 Å². The highest BCUT2D eigenvalue weighted by atomic mass is 35.5. The Morgan fingerprint density at radius 1 is 1.19 bits per heavy atom. The van der Waals surface area contributed by atoms with Gasteiger partial charge in [-0.2, -0.15) is 0 Å². The van der Waals surface area contributed by atoms with E-state index in [4.69, 9.17) is 27.9 Å². The van der Waals surface area contributed by atoms with Gasteiger partial charge < -0.3 is 10.1 Å². The molecule has 1 heterocycles. The number of nitrogens with zero attached hydrogens (tertiary/aromatic N) is 1. The van der Waals surface area contributed by atoms with Gasteiger partial charge in [0.25, 0.3) is 0 Å². The first kappa shape index (κ1) is 16.1. The van der Waals surface area contributed by atoms with Crippen LogP contribution < -0.4 is 10.1 Å². The Balaban J connectivity index is 2.09. The van der Waals surface area contributed by atoms with Crippen molar-refractivity contribution in [3.05, 3.63) is 51.6 Å². The average Bonchev–Trinajstić information content (AvgIpc) is 2.44. The number of halogens is 2. The highest BCUT2D eigenvalue weighted by Gasteiger charge is 2.07. The summed E-state index contributed by atoms with van der Waals surface area (Å²) in [5.41, 5.74) is 2.11. The highest BCUT2D eigenvalue weighted by Crippen LogP contribution is 2.31. The van der Waals surface area contributed by atoms with Crippen LogP contribution in [0.5, 0.6) is 11.6 Å². The molecule has 0 atom stereocenters. The number of aryl methyl sites for hydroxylation is 1. The Morgan fingerprint density at radius 2 is 2.00 bits per heavy atom. The number of hydrogen-bond acceptors (Lipinski definition) is 3. The maximum absolute atomic E-state index is 6.09. The number of hydrogen-bond donors (Lipinski definition) is 1. The molecule has 0 bridgehead atoms. The van der Waals surface area contributed by atoms with Crippen LogP contribution in [0.25, 0.3) is 0 Å². The molecule has 0 radical (unpaired) electrons. The Bertz CT molecular complexity index is 617. The summed E-state index contributed by atoms with van der Waals surface area (Å²) >= 11 is 12.0. The maximum atomic E-state index is 6.09. The van der Waals surface area contributed by atoms with Gasteiger partial charge in [-0.25, -0.2) is 4.98 Å². The van der Waals surface area contributed by atoms with Gasteiger partial charge in [-0.15, -0.1) is 0 Å². The Hall–Kier alpha value is -1.29. The molecular formula is C16H18Cl2N2O. The van der Waals surface area contributed by atoms with Crippen LogP contribution in [0.2, 0.25) is 10.0 Å². The third kappa shape index (κ3) is 4.60. The third-order valence-corrected chi connectivity index (χ3v) is 3.55. The molecule has 0 spiro atoms. The van der Waals surface area contributed by atoms with Crippen molar-refractivity contribution in [2.45, 2.75) is 26.8 Å². The zero-order valence-electron chi connectivity index (χ0n) is 12.1. The van der Waals surface area contributed by atoms with Crippen LogP contribution in [0.1, 0.15) is 24.6 Å². The first-order valence-electron chi connectivity index (χ1n) is 6.90. The molecule has 112 valence electrons. The van der Waals surface area contributed by atoms with Crippen molar-refractivity contribution in [3.8, 4) is 11.6 Å². The molecule has 0 aliphatic carbocycles. The van der Waals surface area contributed by atoms with Crippen molar-refractivity contribution in [3.63, 3.8) is 0 Å². The SMILES string of the molecule is CCCNCc1ccc(Oc2ccc(Cl)cc2Cl)nc1C. The van der Waals surface area contributed by atoms with E-state index < -0.39 is 0 Å². The van der Waals surface area contributed by atoms with Crippen LogP contribution in [0.4, 0.5) is 0 Å². The minimum atomic E-state index is 0.468. The van der Waals surface area contributed by atoms with Crippen molar-refractivity contribution < 1.29 is 4.74 Å². The molecular weight excluding hydrogens is 307 g/mol. The second kappa shape index (κ2) is 7.64. The van der Waals surface area contributed by atoms with E-state index in [0.717, 1.165) is 30.8 Å². The van der Waals surface area contributed by atoms with E-state index in [2.05, 4.69) is 17.2 Å². The summed E-state index contributed by atoms with van der Waals surface area (Å²) in [6, 6.07) is 8.98. The molecule has 0 amide bonds. The number of nitrogens with one attached hydrogen (secondary N) is 1. The van der Waals surface area contributed by atoms with E-state index in [1.165, 1.54) is 0 Å². The fourth-order valence-electron chi connectivity index (χ4n) is 1.88. The minimum Gasteiger partial charge on any atom is -0.437 e. The number of pyridine rings is 1. The average molecular weight is 325 g/mol. The summed E-state index contributed by atoms with van der Waals surface area (Å²) in [6.07, 6.45) is 1.11. The summed E-state index contributed by atoms with van der Waals surface area (Å²) < 4.78 is 5.70. The van der Waals surface area contributed by atoms with Crippen LogP contribution in [-0.2, 0) is 6.54 Å². The van der Waals surface area contributed by atoms with Crippen LogP contribution in [-0.4, -0.2) is 11.5 Å². The van der Waals surface area contributed by atoms with Gasteiger partial charge in [0, 0.05) is 23.3 Å². The summed E-state index contributed by atoms with van der Waals surface area (Å²) in [7, 11) is 0. The molecule has 2 rings (SSSR count). The maximum Gasteiger partial charge on any atom is 0.219 e. The van der Waals surface area contributed by atoms with Gasteiger partial charge in [0.2, 0.25) is 5.88 Å². The van der Waals surface area contributed by atoms with Gasteiger partial charge in [0.15, 0.2) is 0 Å². The van der Waals surface area contributed by atoms with E-state index in [1.807, 2.05) is 19.1 Å². The Morgan fingerprint density at radius 3 is 2.67 bits per heavy atom. The summed E-state index contributed by atoms with van der Waals surface area (Å²) in [5.74, 6) is 1.07. The minimum absolute atomic E-state index is 0.468. The number of rotatable bonds is 6. The summed E-state index contributed by atoms with van der Waals surface area (Å²) in [6.45, 7) is 5.93. The lowest BCUT2D eigenvalue weighted by atomic mass is 10.2. The third-order valence-electron chi connectivity index (χ3n) is 3.02. The highest BCUT2D eigenvalue weighted by molar-refractivity contribution is 6.35. The zero-order chi connectivity index (χ0) is 15.2. The van der Waals surface area contributed by atoms with Gasteiger partial charge in [-0.1, -0.05) is 36.2 Å². The molecule has 0 aliphatic rings. The second-order valence-electron chi connectivity index (χ2n) is 4.75. The molecule has 1 aromatic carbocycles. The van der Waals surface area contributed by atoms with Crippen molar-refractivity contribution in [2.75, 3.05) is 6.54 Å². The first-order chi connectivity index (χ1) is 10.1. The standard InChI is InChI=1S/C16H18Cl2N2O/c1-3-8-19-10-12-4-7-16(20-11(12)2)21-15-6-5-13(17)9-14(15)18/h4-7,9,19H,3,8,10H2,1-2H3. The molecule has 2 aromatic rings. The first-order valence-corrected chi connectivity index (χ1v) is 7.66. The molecule has 0 saturated heterocycles. The quantitative estimate of drug-likeness (QED) is 0.760. The number of ether oxygens (including phenoxy) is 1. The fourth-order valence-corrected chi connectivity index (χ4v) is 2.33. The van der Waals surface area contributed by atoms with Crippen molar-refractivity contribution in [1.82, 2.24) is 10.3 Å². The Kier molecular flexibility index (Phi) is 5.85. The predicted octanol–water partition coefficient (Wildman–Crippen LogP) is 4.99. The lowest BCUT2D eigenvalue weighted by Gasteiger charge is -2.10. The lowest BCUT2D eigenvalue weighted by molar-refractivity contribution is 0.461. The number of aromatic nitrogens is 1. The monoisotopic (exact) mass is 324 g/mol. The zero-order valence-corrected chi connectivity index (χ0v) is 13.6. The molecule has 5 heteroatoms. The number of benzene rings is 1. The molecule has 0 aliphatic heterocycles. The van der Waals surface area contributed by atoms with Gasteiger partial charge in [-0.05, 0) is 43.7 Å². The van der Waals surface area contributed by atoms with Crippen LogP contribution >= 0.6 is 23.2 Å². The molecule has 21 heavy (non-hydrogen) atoms. The van der Waals surface area contributed by atoms with Gasteiger partial charge >= 0.3 is 0 Å². The Labute approximate surface area is 135 Å². The van der Waals surface area contributed by atoms with Crippen molar-refractivity contribution in [1.29, 1.82) is 0 Å². The van der Waals surface area contributed by atoms with Crippen LogP contribution in [0.15, 0.2) is 30.3 Å². The van der Waals surface area contributed by atoms with E-state index in [1.54, 1.807) is 18.2 Å². The predicted molar refractivity (Wildman–Crippen MR) is 87.5 cm³/mol. The smallest absolute Gasteiger partial charge is 0.219 e. The van der Waals surface area contributed by atoms with Gasteiger partial charge in [0.1, 0.15) is 5.75 Å². The van der Waals surface area contributed by atoms with Crippen molar-refractivity contribution in [2.24, 2.45) is 0 Å². The normalized spacial score (nSPS) is 10.7. The van der Waals surface area contributed by atoms with Crippen molar-refractivity contribution >= 4 is 23.2 Å². The van der Waals surface area contributed by atoms with Crippen LogP contribution in [0, 0.1) is 6.92 Å².